The van der Waals surface area contributed by atoms with Crippen molar-refractivity contribution in [1.82, 2.24) is 4.57 Å². The Balaban J connectivity index is 2.26. The molecule has 0 bridgehead atoms. The molecule has 2 heterocycles. The number of hydrogen-bond donors (Lipinski definition) is 0. The zero-order valence-corrected chi connectivity index (χ0v) is 14.8. The molecule has 0 saturated carbocycles. The molecule has 0 atom stereocenters. The quantitative estimate of drug-likeness (QED) is 0.804. The Morgan fingerprint density at radius 2 is 2.00 bits per heavy atom. The van der Waals surface area contributed by atoms with Crippen molar-refractivity contribution in [3.63, 3.8) is 0 Å². The number of aromatic nitrogens is 1. The predicted molar refractivity (Wildman–Crippen MR) is 95.8 cm³/mol. The van der Waals surface area contributed by atoms with E-state index in [4.69, 9.17) is 9.47 Å². The summed E-state index contributed by atoms with van der Waals surface area (Å²) in [5, 5.41) is 0. The largest absolute Gasteiger partial charge is 0.483 e. The number of carbonyl (C=O) groups excluding carboxylic acids is 1. The first-order chi connectivity index (χ1) is 11.8. The zero-order valence-electron chi connectivity index (χ0n) is 14.8. The number of carbonyl (C=O) groups is 1. The van der Waals surface area contributed by atoms with Gasteiger partial charge in [0, 0.05) is 17.8 Å². The van der Waals surface area contributed by atoms with Gasteiger partial charge in [0.2, 0.25) is 0 Å². The van der Waals surface area contributed by atoms with E-state index in [1.54, 1.807) is 48.0 Å². The monoisotopic (exact) mass is 339 g/mol. The number of esters is 1. The van der Waals surface area contributed by atoms with Crippen LogP contribution in [0.25, 0.3) is 5.70 Å². The van der Waals surface area contributed by atoms with Crippen molar-refractivity contribution in [1.29, 1.82) is 0 Å². The van der Waals surface area contributed by atoms with Crippen LogP contribution < -0.4 is 10.3 Å². The minimum Gasteiger partial charge on any atom is -0.483 e. The van der Waals surface area contributed by atoms with Gasteiger partial charge in [-0.3, -0.25) is 9.36 Å². The highest BCUT2D eigenvalue weighted by Crippen LogP contribution is 2.41. The Morgan fingerprint density at radius 1 is 1.24 bits per heavy atom. The molecule has 0 saturated heterocycles. The molecule has 25 heavy (non-hydrogen) atoms. The molecular weight excluding hydrogens is 318 g/mol. The SMILES string of the molecule is CCOC(=O)c1ccc2c(c1)C(n1ccccc1=O)=C(C)C(C)(C)O2. The highest BCUT2D eigenvalue weighted by molar-refractivity contribution is 5.92. The fraction of sp³-hybridized carbons (Fsp3) is 0.300. The lowest BCUT2D eigenvalue weighted by Gasteiger charge is -2.36. The Bertz CT molecular complexity index is 921. The summed E-state index contributed by atoms with van der Waals surface area (Å²) in [6.07, 6.45) is 1.73. The molecule has 0 radical (unpaired) electrons. The Morgan fingerprint density at radius 3 is 2.68 bits per heavy atom. The lowest BCUT2D eigenvalue weighted by Crippen LogP contribution is -2.36. The van der Waals surface area contributed by atoms with Crippen LogP contribution in [0, 0.1) is 0 Å². The predicted octanol–water partition coefficient (Wildman–Crippen LogP) is 3.48. The van der Waals surface area contributed by atoms with Crippen LogP contribution >= 0.6 is 0 Å². The molecule has 3 rings (SSSR count). The molecular formula is C20H21NO4. The number of ether oxygens (including phenoxy) is 2. The lowest BCUT2D eigenvalue weighted by molar-refractivity contribution is 0.0526. The van der Waals surface area contributed by atoms with Gasteiger partial charge in [0.25, 0.3) is 5.56 Å². The second-order valence-corrected chi connectivity index (χ2v) is 6.43. The standard InChI is InChI=1S/C20H21NO4/c1-5-24-19(23)14-9-10-16-15(12-14)18(13(2)20(3,4)25-16)21-11-7-6-8-17(21)22/h6-12H,5H2,1-4H3. The van der Waals surface area contributed by atoms with E-state index in [1.807, 2.05) is 20.8 Å². The van der Waals surface area contributed by atoms with Crippen LogP contribution in [0.2, 0.25) is 0 Å². The highest BCUT2D eigenvalue weighted by Gasteiger charge is 2.34. The molecule has 1 aliphatic rings. The van der Waals surface area contributed by atoms with E-state index < -0.39 is 11.6 Å². The van der Waals surface area contributed by atoms with Crippen LogP contribution in [0.4, 0.5) is 0 Å². The number of benzene rings is 1. The maximum absolute atomic E-state index is 12.4. The van der Waals surface area contributed by atoms with Gasteiger partial charge >= 0.3 is 5.97 Å². The number of pyridine rings is 1. The number of rotatable bonds is 3. The average Bonchev–Trinajstić information content (AvgIpc) is 2.57. The molecule has 0 aliphatic carbocycles. The topological polar surface area (TPSA) is 57.5 Å². The van der Waals surface area contributed by atoms with E-state index in [-0.39, 0.29) is 5.56 Å². The van der Waals surface area contributed by atoms with Crippen molar-refractivity contribution in [2.24, 2.45) is 0 Å². The normalized spacial score (nSPS) is 15.4. The summed E-state index contributed by atoms with van der Waals surface area (Å²) in [4.78, 5) is 24.5. The maximum atomic E-state index is 12.4. The van der Waals surface area contributed by atoms with Crippen molar-refractivity contribution in [2.45, 2.75) is 33.3 Å². The van der Waals surface area contributed by atoms with Gasteiger partial charge in [-0.15, -0.1) is 0 Å². The second-order valence-electron chi connectivity index (χ2n) is 6.43. The second kappa shape index (κ2) is 6.24. The fourth-order valence-corrected chi connectivity index (χ4v) is 2.91. The molecule has 0 unspecified atom stereocenters. The Kier molecular flexibility index (Phi) is 4.25. The third-order valence-electron chi connectivity index (χ3n) is 4.43. The van der Waals surface area contributed by atoms with Gasteiger partial charge in [-0.1, -0.05) is 6.07 Å². The molecule has 1 aromatic heterocycles. The van der Waals surface area contributed by atoms with Crippen LogP contribution in [0.1, 0.15) is 43.6 Å². The Hall–Kier alpha value is -2.82. The summed E-state index contributed by atoms with van der Waals surface area (Å²) in [6, 6.07) is 10.2. The van der Waals surface area contributed by atoms with E-state index in [0.717, 1.165) is 11.3 Å². The van der Waals surface area contributed by atoms with Crippen LogP contribution in [0.15, 0.2) is 53.0 Å². The smallest absolute Gasteiger partial charge is 0.338 e. The van der Waals surface area contributed by atoms with Gasteiger partial charge in [-0.05, 0) is 57.5 Å². The van der Waals surface area contributed by atoms with Crippen LogP contribution in [0.3, 0.4) is 0 Å². The molecule has 1 aromatic carbocycles. The average molecular weight is 339 g/mol. The summed E-state index contributed by atoms with van der Waals surface area (Å²) < 4.78 is 12.8. The van der Waals surface area contributed by atoms with Crippen molar-refractivity contribution in [3.8, 4) is 5.75 Å². The Labute approximate surface area is 146 Å². The molecule has 2 aromatic rings. The van der Waals surface area contributed by atoms with Crippen LogP contribution in [-0.4, -0.2) is 22.7 Å². The summed E-state index contributed by atoms with van der Waals surface area (Å²) in [5.74, 6) is 0.238. The molecule has 5 nitrogen and oxygen atoms in total. The summed E-state index contributed by atoms with van der Waals surface area (Å²) >= 11 is 0. The number of nitrogens with zero attached hydrogens (tertiary/aromatic N) is 1. The zero-order chi connectivity index (χ0) is 18.2. The number of hydrogen-bond acceptors (Lipinski definition) is 4. The first kappa shape index (κ1) is 17.0. The number of fused-ring (bicyclic) bond motifs is 1. The molecule has 0 amide bonds. The third-order valence-corrected chi connectivity index (χ3v) is 4.43. The molecule has 0 spiro atoms. The van der Waals surface area contributed by atoms with Gasteiger partial charge < -0.3 is 9.47 Å². The summed E-state index contributed by atoms with van der Waals surface area (Å²) in [7, 11) is 0. The lowest BCUT2D eigenvalue weighted by atomic mass is 9.90. The maximum Gasteiger partial charge on any atom is 0.338 e. The van der Waals surface area contributed by atoms with Crippen LogP contribution in [-0.2, 0) is 4.74 Å². The van der Waals surface area contributed by atoms with Gasteiger partial charge in [0.1, 0.15) is 11.4 Å². The first-order valence-electron chi connectivity index (χ1n) is 8.25. The first-order valence-corrected chi connectivity index (χ1v) is 8.25. The van der Waals surface area contributed by atoms with E-state index in [0.29, 0.717) is 23.5 Å². The van der Waals surface area contributed by atoms with Gasteiger partial charge in [-0.2, -0.15) is 0 Å². The van der Waals surface area contributed by atoms with Crippen molar-refractivity contribution < 1.29 is 14.3 Å². The molecule has 1 aliphatic heterocycles. The van der Waals surface area contributed by atoms with Crippen molar-refractivity contribution in [2.75, 3.05) is 6.61 Å². The van der Waals surface area contributed by atoms with Gasteiger partial charge in [-0.25, -0.2) is 4.79 Å². The van der Waals surface area contributed by atoms with Crippen LogP contribution in [0.5, 0.6) is 5.75 Å². The van der Waals surface area contributed by atoms with Crippen molar-refractivity contribution >= 4 is 11.7 Å². The molecule has 130 valence electrons. The highest BCUT2D eigenvalue weighted by atomic mass is 16.5. The fourth-order valence-electron chi connectivity index (χ4n) is 2.91. The summed E-state index contributed by atoms with van der Waals surface area (Å²) in [6.45, 7) is 7.92. The molecule has 5 heteroatoms. The summed E-state index contributed by atoms with van der Waals surface area (Å²) in [5.41, 5.74) is 2.08. The minimum atomic E-state index is -0.566. The van der Waals surface area contributed by atoms with Gasteiger partial charge in [0.05, 0.1) is 17.9 Å². The van der Waals surface area contributed by atoms with Gasteiger partial charge in [0.15, 0.2) is 0 Å². The minimum absolute atomic E-state index is 0.137. The van der Waals surface area contributed by atoms with E-state index in [2.05, 4.69) is 0 Å². The molecule has 0 fully saturated rings. The van der Waals surface area contributed by atoms with E-state index in [1.165, 1.54) is 6.07 Å². The van der Waals surface area contributed by atoms with E-state index in [9.17, 15) is 9.59 Å². The third kappa shape index (κ3) is 2.97. The molecule has 0 N–H and O–H groups in total. The van der Waals surface area contributed by atoms with Crippen molar-refractivity contribution in [3.05, 3.63) is 69.6 Å². The van der Waals surface area contributed by atoms with E-state index >= 15 is 0 Å².